The summed E-state index contributed by atoms with van der Waals surface area (Å²) in [6, 6.07) is 0. The first-order valence-corrected chi connectivity index (χ1v) is 6.38. The van der Waals surface area contributed by atoms with Gasteiger partial charge in [-0.25, -0.2) is 0 Å². The van der Waals surface area contributed by atoms with Gasteiger partial charge in [0.2, 0.25) is 0 Å². The van der Waals surface area contributed by atoms with Crippen LogP contribution in [0, 0.1) is 3.70 Å². The van der Waals surface area contributed by atoms with Crippen molar-refractivity contribution >= 4 is 55.2 Å². The maximum atomic E-state index is 11.9. The smallest absolute Gasteiger partial charge is 0.274 e. The zero-order valence-electron chi connectivity index (χ0n) is 8.60. The highest BCUT2D eigenvalue weighted by Crippen LogP contribution is 2.28. The van der Waals surface area contributed by atoms with Gasteiger partial charge in [-0.15, -0.1) is 0 Å². The van der Waals surface area contributed by atoms with E-state index in [1.54, 1.807) is 13.2 Å². The number of rotatable bonds is 1. The molecular weight excluding hydrogens is 387 g/mol. The van der Waals surface area contributed by atoms with Crippen molar-refractivity contribution in [1.29, 1.82) is 0 Å². The first-order chi connectivity index (χ1) is 7.43. The fourth-order valence-electron chi connectivity index (χ4n) is 1.67. The topological polar surface area (TPSA) is 54.9 Å². The van der Waals surface area contributed by atoms with E-state index in [-0.39, 0.29) is 11.3 Å². The number of carbonyl (C=O) groups is 1. The summed E-state index contributed by atoms with van der Waals surface area (Å²) in [5.41, 5.74) is 0.898. The van der Waals surface area contributed by atoms with Gasteiger partial charge in [-0.05, 0) is 45.4 Å². The van der Waals surface area contributed by atoms with Gasteiger partial charge in [0.25, 0.3) is 5.56 Å². The lowest BCUT2D eigenvalue weighted by Gasteiger charge is -2.01. The largest absolute Gasteiger partial charge is 0.345 e. The predicted octanol–water partition coefficient (Wildman–Crippen LogP) is 2.44. The molecule has 0 aliphatic carbocycles. The fraction of sp³-hybridized carbons (Fsp3) is 0.200. The fourth-order valence-corrected chi connectivity index (χ4v) is 3.29. The Balaban J connectivity index is 3.07. The van der Waals surface area contributed by atoms with E-state index in [4.69, 9.17) is 0 Å². The van der Waals surface area contributed by atoms with Crippen LogP contribution in [0.15, 0.2) is 15.5 Å². The van der Waals surface area contributed by atoms with Gasteiger partial charge in [-0.2, -0.15) is 0 Å². The van der Waals surface area contributed by atoms with E-state index in [0.717, 1.165) is 4.47 Å². The van der Waals surface area contributed by atoms with E-state index < -0.39 is 0 Å². The van der Waals surface area contributed by atoms with Crippen molar-refractivity contribution in [2.24, 2.45) is 7.05 Å². The van der Waals surface area contributed by atoms with Gasteiger partial charge in [-0.3, -0.25) is 9.59 Å². The van der Waals surface area contributed by atoms with Crippen LogP contribution in [0.4, 0.5) is 0 Å². The minimum Gasteiger partial charge on any atom is -0.345 e. The molecule has 0 atom stereocenters. The van der Waals surface area contributed by atoms with Crippen LogP contribution in [-0.2, 0) is 7.05 Å². The zero-order chi connectivity index (χ0) is 12.0. The number of aromatic amines is 1. The van der Waals surface area contributed by atoms with E-state index in [1.165, 1.54) is 11.5 Å². The van der Waals surface area contributed by atoms with Crippen LogP contribution in [0.25, 0.3) is 10.9 Å². The van der Waals surface area contributed by atoms with E-state index in [1.807, 2.05) is 22.6 Å². The number of H-pyrrole nitrogens is 1. The van der Waals surface area contributed by atoms with Crippen LogP contribution in [0.2, 0.25) is 0 Å². The maximum Gasteiger partial charge on any atom is 0.274 e. The first kappa shape index (κ1) is 11.8. The number of aryl methyl sites for hydroxylation is 1. The summed E-state index contributed by atoms with van der Waals surface area (Å²) in [5.74, 6) is -0.0513. The second-order valence-corrected chi connectivity index (χ2v) is 5.45. The molecule has 6 heteroatoms. The standard InChI is InChI=1S/C10H8BrIN2O2/c1-4(15)6-7-5(11)3-14(2)10(16)8(7)13-9(6)12/h3,13H,1-2H3. The Bertz CT molecular complexity index is 657. The average molecular weight is 395 g/mol. The Labute approximate surface area is 113 Å². The Hall–Kier alpha value is -0.630. The van der Waals surface area contributed by atoms with Gasteiger partial charge in [0, 0.05) is 23.1 Å². The number of fused-ring (bicyclic) bond motifs is 1. The number of carbonyl (C=O) groups excluding carboxylic acids is 1. The Morgan fingerprint density at radius 1 is 1.56 bits per heavy atom. The van der Waals surface area contributed by atoms with E-state index in [0.29, 0.717) is 20.2 Å². The maximum absolute atomic E-state index is 11.9. The molecule has 4 nitrogen and oxygen atoms in total. The molecule has 1 N–H and O–H groups in total. The second-order valence-electron chi connectivity index (χ2n) is 3.51. The molecule has 0 saturated heterocycles. The summed E-state index contributed by atoms with van der Waals surface area (Å²) in [4.78, 5) is 26.4. The number of ketones is 1. The molecule has 2 aromatic heterocycles. The summed E-state index contributed by atoms with van der Waals surface area (Å²) >= 11 is 5.41. The van der Waals surface area contributed by atoms with Gasteiger partial charge < -0.3 is 9.55 Å². The molecule has 2 rings (SSSR count). The van der Waals surface area contributed by atoms with Crippen molar-refractivity contribution in [3.63, 3.8) is 0 Å². The summed E-state index contributed by atoms with van der Waals surface area (Å²) in [6.07, 6.45) is 1.67. The molecular formula is C10H8BrIN2O2. The van der Waals surface area contributed by atoms with Crippen LogP contribution in [0.1, 0.15) is 17.3 Å². The Morgan fingerprint density at radius 3 is 2.75 bits per heavy atom. The lowest BCUT2D eigenvalue weighted by atomic mass is 10.1. The molecule has 0 fully saturated rings. The van der Waals surface area contributed by atoms with Crippen LogP contribution < -0.4 is 5.56 Å². The summed E-state index contributed by atoms with van der Waals surface area (Å²) in [7, 11) is 1.67. The molecule has 84 valence electrons. The number of Topliss-reactive ketones (excluding diaryl/α,β-unsaturated/α-hetero) is 1. The van der Waals surface area contributed by atoms with Crippen molar-refractivity contribution in [3.05, 3.63) is 30.3 Å². The number of nitrogens with one attached hydrogen (secondary N) is 1. The van der Waals surface area contributed by atoms with Gasteiger partial charge >= 0.3 is 0 Å². The number of nitrogens with zero attached hydrogens (tertiary/aromatic N) is 1. The minimum absolute atomic E-state index is 0.0513. The van der Waals surface area contributed by atoms with Crippen LogP contribution in [-0.4, -0.2) is 15.3 Å². The van der Waals surface area contributed by atoms with Crippen molar-refractivity contribution in [2.45, 2.75) is 6.92 Å². The van der Waals surface area contributed by atoms with Crippen molar-refractivity contribution in [2.75, 3.05) is 0 Å². The highest BCUT2D eigenvalue weighted by atomic mass is 127. The molecule has 0 aliphatic rings. The molecule has 0 bridgehead atoms. The average Bonchev–Trinajstić information content (AvgIpc) is 2.52. The third-order valence-corrected chi connectivity index (χ3v) is 3.80. The summed E-state index contributed by atoms with van der Waals surface area (Å²) < 4.78 is 2.92. The SMILES string of the molecule is CC(=O)c1c(I)[nH]c2c(=O)n(C)cc(Br)c12. The van der Waals surface area contributed by atoms with Crippen molar-refractivity contribution < 1.29 is 4.79 Å². The number of aromatic nitrogens is 2. The number of hydrogen-bond acceptors (Lipinski definition) is 2. The molecule has 0 unspecified atom stereocenters. The Morgan fingerprint density at radius 2 is 2.19 bits per heavy atom. The van der Waals surface area contributed by atoms with Crippen LogP contribution in [0.3, 0.4) is 0 Å². The molecule has 0 spiro atoms. The Kier molecular flexibility index (Phi) is 2.95. The van der Waals surface area contributed by atoms with Gasteiger partial charge in [0.15, 0.2) is 5.78 Å². The minimum atomic E-state index is -0.136. The van der Waals surface area contributed by atoms with E-state index in [9.17, 15) is 9.59 Å². The third kappa shape index (κ3) is 1.64. The van der Waals surface area contributed by atoms with E-state index >= 15 is 0 Å². The van der Waals surface area contributed by atoms with Crippen LogP contribution >= 0.6 is 38.5 Å². The molecule has 0 aliphatic heterocycles. The molecule has 0 saturated carbocycles. The molecule has 2 heterocycles. The second kappa shape index (κ2) is 3.99. The van der Waals surface area contributed by atoms with Gasteiger partial charge in [0.05, 0.1) is 9.26 Å². The molecule has 16 heavy (non-hydrogen) atoms. The normalized spacial score (nSPS) is 11.0. The first-order valence-electron chi connectivity index (χ1n) is 4.50. The number of pyridine rings is 1. The highest BCUT2D eigenvalue weighted by Gasteiger charge is 2.18. The molecule has 0 aromatic carbocycles. The quantitative estimate of drug-likeness (QED) is 0.596. The monoisotopic (exact) mass is 394 g/mol. The molecule has 2 aromatic rings. The predicted molar refractivity (Wildman–Crippen MR) is 74.0 cm³/mol. The molecule has 0 amide bonds. The van der Waals surface area contributed by atoms with Crippen molar-refractivity contribution in [1.82, 2.24) is 9.55 Å². The highest BCUT2D eigenvalue weighted by molar-refractivity contribution is 14.1. The van der Waals surface area contributed by atoms with Crippen LogP contribution in [0.5, 0.6) is 0 Å². The van der Waals surface area contributed by atoms with Gasteiger partial charge in [-0.1, -0.05) is 0 Å². The summed E-state index contributed by atoms with van der Waals surface area (Å²) in [6.45, 7) is 1.49. The zero-order valence-corrected chi connectivity index (χ0v) is 12.3. The van der Waals surface area contributed by atoms with Crippen molar-refractivity contribution in [3.8, 4) is 0 Å². The third-order valence-electron chi connectivity index (χ3n) is 2.39. The van der Waals surface area contributed by atoms with Gasteiger partial charge in [0.1, 0.15) is 5.52 Å². The molecule has 0 radical (unpaired) electrons. The lowest BCUT2D eigenvalue weighted by Crippen LogP contribution is -2.16. The number of hydrogen-bond donors (Lipinski definition) is 1. The van der Waals surface area contributed by atoms with E-state index in [2.05, 4.69) is 20.9 Å². The lowest BCUT2D eigenvalue weighted by molar-refractivity contribution is 0.101. The number of halogens is 2. The summed E-state index contributed by atoms with van der Waals surface area (Å²) in [5, 5.41) is 0.667.